The second kappa shape index (κ2) is 3.56. The van der Waals surface area contributed by atoms with Gasteiger partial charge in [0.25, 0.3) is 0 Å². The van der Waals surface area contributed by atoms with Gasteiger partial charge in [0.15, 0.2) is 0 Å². The number of aromatic nitrogens is 3. The molecule has 2 heterocycles. The standard InChI is InChI=1S/C14H21N3/c1-13(2,3)11-10-9(7-8-15-11)16-12(17-10)14(4,5)6/h7-8H,1-6H3,(H,16,17). The monoisotopic (exact) mass is 231 g/mol. The van der Waals surface area contributed by atoms with Crippen LogP contribution in [0.1, 0.15) is 53.1 Å². The third-order valence-corrected chi connectivity index (χ3v) is 2.83. The third-order valence-electron chi connectivity index (χ3n) is 2.83. The van der Waals surface area contributed by atoms with E-state index in [1.54, 1.807) is 0 Å². The smallest absolute Gasteiger partial charge is 0.112 e. The van der Waals surface area contributed by atoms with Crippen LogP contribution in [0.2, 0.25) is 0 Å². The third kappa shape index (κ3) is 2.19. The SMILES string of the molecule is CC(C)(C)c1nc2ccnc(C(C)(C)C)c2[nH]1. The van der Waals surface area contributed by atoms with Gasteiger partial charge >= 0.3 is 0 Å². The number of fused-ring (bicyclic) bond motifs is 1. The largest absolute Gasteiger partial charge is 0.340 e. The quantitative estimate of drug-likeness (QED) is 0.753. The number of nitrogens with one attached hydrogen (secondary N) is 1. The molecule has 0 spiro atoms. The number of nitrogens with zero attached hydrogens (tertiary/aromatic N) is 2. The van der Waals surface area contributed by atoms with Crippen molar-refractivity contribution in [2.75, 3.05) is 0 Å². The zero-order valence-corrected chi connectivity index (χ0v) is 11.5. The van der Waals surface area contributed by atoms with Crippen LogP contribution in [0, 0.1) is 0 Å². The molecule has 0 aliphatic heterocycles. The Morgan fingerprint density at radius 3 is 2.18 bits per heavy atom. The van der Waals surface area contributed by atoms with Crippen LogP contribution in [0.4, 0.5) is 0 Å². The Morgan fingerprint density at radius 1 is 1.00 bits per heavy atom. The predicted octanol–water partition coefficient (Wildman–Crippen LogP) is 3.55. The fourth-order valence-electron chi connectivity index (χ4n) is 1.86. The summed E-state index contributed by atoms with van der Waals surface area (Å²) in [6, 6.07) is 1.97. The highest BCUT2D eigenvalue weighted by Crippen LogP contribution is 2.29. The van der Waals surface area contributed by atoms with E-state index in [4.69, 9.17) is 0 Å². The molecule has 17 heavy (non-hydrogen) atoms. The van der Waals surface area contributed by atoms with Gasteiger partial charge in [-0.15, -0.1) is 0 Å². The van der Waals surface area contributed by atoms with Crippen LogP contribution in [0.5, 0.6) is 0 Å². The first-order valence-corrected chi connectivity index (χ1v) is 6.05. The molecule has 3 nitrogen and oxygen atoms in total. The number of pyridine rings is 1. The molecule has 0 saturated heterocycles. The van der Waals surface area contributed by atoms with Crippen LogP contribution in [0.25, 0.3) is 11.0 Å². The Bertz CT molecular complexity index is 539. The fourth-order valence-corrected chi connectivity index (χ4v) is 1.86. The van der Waals surface area contributed by atoms with E-state index in [-0.39, 0.29) is 10.8 Å². The first-order chi connectivity index (χ1) is 7.69. The first kappa shape index (κ1) is 12.1. The molecule has 0 atom stereocenters. The zero-order valence-electron chi connectivity index (χ0n) is 11.5. The van der Waals surface area contributed by atoms with Crippen LogP contribution < -0.4 is 0 Å². The van der Waals surface area contributed by atoms with Crippen molar-refractivity contribution in [3.8, 4) is 0 Å². The van der Waals surface area contributed by atoms with Gasteiger partial charge in [-0.05, 0) is 6.07 Å². The van der Waals surface area contributed by atoms with Crippen LogP contribution in [-0.4, -0.2) is 15.0 Å². The molecule has 0 saturated carbocycles. The van der Waals surface area contributed by atoms with E-state index >= 15 is 0 Å². The summed E-state index contributed by atoms with van der Waals surface area (Å²) in [7, 11) is 0. The first-order valence-electron chi connectivity index (χ1n) is 6.05. The molecule has 0 bridgehead atoms. The maximum atomic E-state index is 4.66. The summed E-state index contributed by atoms with van der Waals surface area (Å²) < 4.78 is 0. The normalized spacial score (nSPS) is 13.3. The molecule has 92 valence electrons. The highest BCUT2D eigenvalue weighted by molar-refractivity contribution is 5.78. The summed E-state index contributed by atoms with van der Waals surface area (Å²) in [6.45, 7) is 13.0. The summed E-state index contributed by atoms with van der Waals surface area (Å²) in [5.41, 5.74) is 3.23. The van der Waals surface area contributed by atoms with Gasteiger partial charge in [-0.25, -0.2) is 4.98 Å². The highest BCUT2D eigenvalue weighted by atomic mass is 15.0. The Labute approximate surface area is 103 Å². The van der Waals surface area contributed by atoms with E-state index in [1.807, 2.05) is 12.3 Å². The number of H-pyrrole nitrogens is 1. The van der Waals surface area contributed by atoms with Crippen molar-refractivity contribution in [3.63, 3.8) is 0 Å². The van der Waals surface area contributed by atoms with Crippen molar-refractivity contribution in [1.82, 2.24) is 15.0 Å². The molecule has 1 N–H and O–H groups in total. The average Bonchev–Trinajstić information content (AvgIpc) is 2.57. The zero-order chi connectivity index (χ0) is 12.8. The van der Waals surface area contributed by atoms with E-state index in [1.165, 1.54) is 0 Å². The number of aromatic amines is 1. The summed E-state index contributed by atoms with van der Waals surface area (Å²) in [6.07, 6.45) is 1.84. The van der Waals surface area contributed by atoms with Crippen LogP contribution in [-0.2, 0) is 10.8 Å². The lowest BCUT2D eigenvalue weighted by atomic mass is 9.91. The lowest BCUT2D eigenvalue weighted by Gasteiger charge is -2.18. The van der Waals surface area contributed by atoms with Crippen molar-refractivity contribution in [1.29, 1.82) is 0 Å². The van der Waals surface area contributed by atoms with Crippen LogP contribution in [0.3, 0.4) is 0 Å². The number of rotatable bonds is 0. The van der Waals surface area contributed by atoms with Crippen molar-refractivity contribution in [3.05, 3.63) is 23.8 Å². The van der Waals surface area contributed by atoms with E-state index in [9.17, 15) is 0 Å². The minimum atomic E-state index is 0.0290. The van der Waals surface area contributed by atoms with Gasteiger partial charge < -0.3 is 4.98 Å². The lowest BCUT2D eigenvalue weighted by Crippen LogP contribution is -2.15. The second-order valence-electron chi connectivity index (χ2n) is 6.64. The summed E-state index contributed by atoms with van der Waals surface area (Å²) >= 11 is 0. The van der Waals surface area contributed by atoms with Crippen LogP contribution >= 0.6 is 0 Å². The molecule has 3 heteroatoms. The minimum Gasteiger partial charge on any atom is -0.340 e. The molecular weight excluding hydrogens is 210 g/mol. The molecular formula is C14H21N3. The highest BCUT2D eigenvalue weighted by Gasteiger charge is 2.23. The molecule has 0 amide bonds. The van der Waals surface area contributed by atoms with E-state index in [2.05, 4.69) is 56.5 Å². The molecule has 0 aliphatic rings. The number of hydrogen-bond acceptors (Lipinski definition) is 2. The maximum Gasteiger partial charge on any atom is 0.112 e. The fraction of sp³-hybridized carbons (Fsp3) is 0.571. The Hall–Kier alpha value is -1.38. The van der Waals surface area contributed by atoms with E-state index < -0.39 is 0 Å². The van der Waals surface area contributed by atoms with Gasteiger partial charge in [-0.2, -0.15) is 0 Å². The summed E-state index contributed by atoms with van der Waals surface area (Å²) in [4.78, 5) is 12.6. The Balaban J connectivity index is 2.70. The number of hydrogen-bond donors (Lipinski definition) is 1. The van der Waals surface area contributed by atoms with Gasteiger partial charge in [-0.1, -0.05) is 41.5 Å². The molecule has 0 aliphatic carbocycles. The molecule has 2 aromatic rings. The Kier molecular flexibility index (Phi) is 2.53. The molecule has 0 radical (unpaired) electrons. The van der Waals surface area contributed by atoms with Crippen molar-refractivity contribution >= 4 is 11.0 Å². The lowest BCUT2D eigenvalue weighted by molar-refractivity contribution is 0.552. The van der Waals surface area contributed by atoms with Gasteiger partial charge in [0.1, 0.15) is 5.82 Å². The molecule has 2 aromatic heterocycles. The van der Waals surface area contributed by atoms with Crippen molar-refractivity contribution < 1.29 is 0 Å². The summed E-state index contributed by atoms with van der Waals surface area (Å²) in [5.74, 6) is 1.02. The predicted molar refractivity (Wildman–Crippen MR) is 71.3 cm³/mol. The van der Waals surface area contributed by atoms with Gasteiger partial charge in [0, 0.05) is 17.0 Å². The van der Waals surface area contributed by atoms with Gasteiger partial charge in [0.05, 0.1) is 16.7 Å². The van der Waals surface area contributed by atoms with Gasteiger partial charge in [-0.3, -0.25) is 4.98 Å². The van der Waals surface area contributed by atoms with E-state index in [0.29, 0.717) is 0 Å². The molecule has 0 aromatic carbocycles. The molecule has 2 rings (SSSR count). The molecule has 0 fully saturated rings. The van der Waals surface area contributed by atoms with Crippen molar-refractivity contribution in [2.24, 2.45) is 0 Å². The second-order valence-corrected chi connectivity index (χ2v) is 6.64. The maximum absolute atomic E-state index is 4.66. The average molecular weight is 231 g/mol. The van der Waals surface area contributed by atoms with Gasteiger partial charge in [0.2, 0.25) is 0 Å². The Morgan fingerprint density at radius 2 is 1.65 bits per heavy atom. The molecule has 0 unspecified atom stereocenters. The minimum absolute atomic E-state index is 0.0290. The summed E-state index contributed by atoms with van der Waals surface area (Å²) in [5, 5.41) is 0. The van der Waals surface area contributed by atoms with Crippen LogP contribution in [0.15, 0.2) is 12.3 Å². The topological polar surface area (TPSA) is 41.6 Å². The van der Waals surface area contributed by atoms with Crippen molar-refractivity contribution in [2.45, 2.75) is 52.4 Å². The number of imidazole rings is 1. The van der Waals surface area contributed by atoms with E-state index in [0.717, 1.165) is 22.6 Å².